The van der Waals surface area contributed by atoms with Crippen molar-refractivity contribution in [2.75, 3.05) is 32.8 Å². The SMILES string of the molecule is CCCOc1cccc(C2/C(=C(\O)c3c(C)nn(C)c3C)C(=O)C(=O)N2CCN2CCCCC2)c1. The van der Waals surface area contributed by atoms with Crippen molar-refractivity contribution < 1.29 is 19.4 Å². The quantitative estimate of drug-likeness (QED) is 0.352. The van der Waals surface area contributed by atoms with Crippen LogP contribution in [-0.4, -0.2) is 69.2 Å². The first-order valence-electron chi connectivity index (χ1n) is 12.6. The van der Waals surface area contributed by atoms with E-state index in [2.05, 4.69) is 10.00 Å². The molecular weight excluding hydrogens is 444 g/mol. The molecule has 8 nitrogen and oxygen atoms in total. The normalized spacial score (nSPS) is 20.6. The van der Waals surface area contributed by atoms with Crippen molar-refractivity contribution in [1.82, 2.24) is 19.6 Å². The Balaban J connectivity index is 1.78. The molecule has 0 spiro atoms. The third kappa shape index (κ3) is 4.98. The van der Waals surface area contributed by atoms with E-state index in [1.807, 2.05) is 38.1 Å². The van der Waals surface area contributed by atoms with Crippen molar-refractivity contribution in [2.24, 2.45) is 7.05 Å². The van der Waals surface area contributed by atoms with Gasteiger partial charge in [-0.25, -0.2) is 0 Å². The molecule has 0 bridgehead atoms. The predicted molar refractivity (Wildman–Crippen MR) is 134 cm³/mol. The van der Waals surface area contributed by atoms with Gasteiger partial charge in [-0.3, -0.25) is 14.3 Å². The molecule has 2 fully saturated rings. The maximum atomic E-state index is 13.4. The number of nitrogens with zero attached hydrogens (tertiary/aromatic N) is 4. The molecule has 1 amide bonds. The molecule has 1 aromatic heterocycles. The highest BCUT2D eigenvalue weighted by Crippen LogP contribution is 2.41. The summed E-state index contributed by atoms with van der Waals surface area (Å²) in [4.78, 5) is 30.6. The molecule has 1 atom stereocenters. The van der Waals surface area contributed by atoms with Gasteiger partial charge in [0.2, 0.25) is 0 Å². The molecule has 2 saturated heterocycles. The molecule has 2 aliphatic heterocycles. The summed E-state index contributed by atoms with van der Waals surface area (Å²) in [6, 6.07) is 6.81. The molecule has 35 heavy (non-hydrogen) atoms. The van der Waals surface area contributed by atoms with E-state index >= 15 is 0 Å². The van der Waals surface area contributed by atoms with Gasteiger partial charge in [0.25, 0.3) is 11.7 Å². The van der Waals surface area contributed by atoms with Crippen molar-refractivity contribution >= 4 is 17.4 Å². The largest absolute Gasteiger partial charge is 0.507 e. The number of aromatic nitrogens is 2. The summed E-state index contributed by atoms with van der Waals surface area (Å²) >= 11 is 0. The summed E-state index contributed by atoms with van der Waals surface area (Å²) in [7, 11) is 1.79. The van der Waals surface area contributed by atoms with E-state index in [0.29, 0.717) is 36.7 Å². The molecule has 0 saturated carbocycles. The Morgan fingerprint density at radius 1 is 1.14 bits per heavy atom. The van der Waals surface area contributed by atoms with Crippen molar-refractivity contribution in [3.63, 3.8) is 0 Å². The number of hydrogen-bond donors (Lipinski definition) is 1. The van der Waals surface area contributed by atoms with Crippen molar-refractivity contribution in [1.29, 1.82) is 0 Å². The lowest BCUT2D eigenvalue weighted by Crippen LogP contribution is -2.40. The summed E-state index contributed by atoms with van der Waals surface area (Å²) in [6.07, 6.45) is 4.41. The van der Waals surface area contributed by atoms with Crippen molar-refractivity contribution in [3.8, 4) is 5.75 Å². The van der Waals surface area contributed by atoms with Gasteiger partial charge in [-0.2, -0.15) is 5.10 Å². The minimum Gasteiger partial charge on any atom is -0.507 e. The fourth-order valence-corrected chi connectivity index (χ4v) is 5.13. The zero-order valence-electron chi connectivity index (χ0n) is 21.2. The number of amides is 1. The topological polar surface area (TPSA) is 87.9 Å². The van der Waals surface area contributed by atoms with Gasteiger partial charge in [-0.15, -0.1) is 0 Å². The molecule has 188 valence electrons. The van der Waals surface area contributed by atoms with Crippen molar-refractivity contribution in [3.05, 3.63) is 52.4 Å². The molecule has 1 unspecified atom stereocenters. The lowest BCUT2D eigenvalue weighted by atomic mass is 9.94. The second-order valence-corrected chi connectivity index (χ2v) is 9.49. The van der Waals surface area contributed by atoms with E-state index in [-0.39, 0.29) is 11.3 Å². The predicted octanol–water partition coefficient (Wildman–Crippen LogP) is 3.73. The highest BCUT2D eigenvalue weighted by atomic mass is 16.5. The van der Waals surface area contributed by atoms with Crippen LogP contribution in [0.2, 0.25) is 0 Å². The van der Waals surface area contributed by atoms with Gasteiger partial charge in [0, 0.05) is 25.8 Å². The van der Waals surface area contributed by atoms with Crippen LogP contribution >= 0.6 is 0 Å². The van der Waals surface area contributed by atoms with E-state index in [9.17, 15) is 14.7 Å². The number of ketones is 1. The number of piperidine rings is 1. The Labute approximate surface area is 207 Å². The van der Waals surface area contributed by atoms with Gasteiger partial charge >= 0.3 is 0 Å². The summed E-state index contributed by atoms with van der Waals surface area (Å²) < 4.78 is 7.50. The average molecular weight is 481 g/mol. The Hall–Kier alpha value is -3.13. The second kappa shape index (κ2) is 10.6. The molecular formula is C27H36N4O4. The number of carbonyl (C=O) groups excluding carboxylic acids is 2. The van der Waals surface area contributed by atoms with Crippen LogP contribution in [0.3, 0.4) is 0 Å². The number of aliphatic hydroxyl groups is 1. The minimum absolute atomic E-state index is 0.112. The first-order chi connectivity index (χ1) is 16.8. The summed E-state index contributed by atoms with van der Waals surface area (Å²) in [6.45, 7) is 9.37. The van der Waals surface area contributed by atoms with Crippen LogP contribution < -0.4 is 4.74 Å². The number of benzene rings is 1. The fraction of sp³-hybridized carbons (Fsp3) is 0.519. The van der Waals surface area contributed by atoms with Gasteiger partial charge in [0.15, 0.2) is 0 Å². The van der Waals surface area contributed by atoms with Gasteiger partial charge < -0.3 is 19.6 Å². The van der Waals surface area contributed by atoms with Gasteiger partial charge in [-0.1, -0.05) is 25.5 Å². The summed E-state index contributed by atoms with van der Waals surface area (Å²) in [5.74, 6) is -0.724. The Kier molecular flexibility index (Phi) is 7.60. The first-order valence-corrected chi connectivity index (χ1v) is 12.6. The maximum absolute atomic E-state index is 13.4. The first kappa shape index (κ1) is 25.0. The molecule has 0 radical (unpaired) electrons. The van der Waals surface area contributed by atoms with Gasteiger partial charge in [0.1, 0.15) is 11.5 Å². The van der Waals surface area contributed by atoms with Crippen LogP contribution in [0.25, 0.3) is 5.76 Å². The summed E-state index contributed by atoms with van der Waals surface area (Å²) in [5.41, 5.74) is 2.71. The standard InChI is InChI=1S/C27H36N4O4/c1-5-16-35-21-11-9-10-20(17-21)24-23(25(32)22-18(2)28-29(4)19(22)3)26(33)27(34)31(24)15-14-30-12-7-6-8-13-30/h9-11,17,24,32H,5-8,12-16H2,1-4H3/b25-23+. The minimum atomic E-state index is -0.691. The third-order valence-electron chi connectivity index (χ3n) is 7.04. The van der Waals surface area contributed by atoms with Crippen molar-refractivity contribution in [2.45, 2.75) is 52.5 Å². The van der Waals surface area contributed by atoms with Crippen LogP contribution in [0.15, 0.2) is 29.8 Å². The lowest BCUT2D eigenvalue weighted by Gasteiger charge is -2.31. The molecule has 8 heteroatoms. The summed E-state index contributed by atoms with van der Waals surface area (Å²) in [5, 5.41) is 15.8. The zero-order chi connectivity index (χ0) is 25.1. The van der Waals surface area contributed by atoms with Crippen LogP contribution in [-0.2, 0) is 16.6 Å². The van der Waals surface area contributed by atoms with Crippen LogP contribution in [0.1, 0.15) is 61.2 Å². The third-order valence-corrected chi connectivity index (χ3v) is 7.04. The van der Waals surface area contributed by atoms with Crippen LogP contribution in [0.4, 0.5) is 0 Å². The van der Waals surface area contributed by atoms with Gasteiger partial charge in [-0.05, 0) is 63.9 Å². The Bertz CT molecular complexity index is 1130. The number of ether oxygens (including phenoxy) is 1. The van der Waals surface area contributed by atoms with Crippen LogP contribution in [0, 0.1) is 13.8 Å². The van der Waals surface area contributed by atoms with E-state index in [0.717, 1.165) is 43.6 Å². The van der Waals surface area contributed by atoms with E-state index in [4.69, 9.17) is 4.74 Å². The van der Waals surface area contributed by atoms with E-state index in [1.54, 1.807) is 23.6 Å². The number of aryl methyl sites for hydroxylation is 2. The highest BCUT2D eigenvalue weighted by molar-refractivity contribution is 6.46. The van der Waals surface area contributed by atoms with E-state index in [1.165, 1.54) is 6.42 Å². The molecule has 2 aromatic rings. The Morgan fingerprint density at radius 2 is 1.89 bits per heavy atom. The molecule has 3 heterocycles. The number of carbonyl (C=O) groups is 2. The van der Waals surface area contributed by atoms with Gasteiger partial charge in [0.05, 0.1) is 29.5 Å². The molecule has 0 aliphatic carbocycles. The molecule has 1 aromatic carbocycles. The number of Topliss-reactive ketones (excluding diaryl/α,β-unsaturated/α-hetero) is 1. The zero-order valence-corrected chi connectivity index (χ0v) is 21.2. The number of hydrogen-bond acceptors (Lipinski definition) is 6. The monoisotopic (exact) mass is 480 g/mol. The molecule has 2 aliphatic rings. The van der Waals surface area contributed by atoms with E-state index < -0.39 is 17.7 Å². The molecule has 1 N–H and O–H groups in total. The van der Waals surface area contributed by atoms with Crippen LogP contribution in [0.5, 0.6) is 5.75 Å². The fourth-order valence-electron chi connectivity index (χ4n) is 5.13. The smallest absolute Gasteiger partial charge is 0.295 e. The second-order valence-electron chi connectivity index (χ2n) is 9.49. The maximum Gasteiger partial charge on any atom is 0.295 e. The average Bonchev–Trinajstić information content (AvgIpc) is 3.27. The molecule has 4 rings (SSSR count). The lowest BCUT2D eigenvalue weighted by molar-refractivity contribution is -0.140. The number of likely N-dealkylation sites (tertiary alicyclic amines) is 2. The Morgan fingerprint density at radius 3 is 2.54 bits per heavy atom. The number of aliphatic hydroxyl groups excluding tert-OH is 1. The number of rotatable bonds is 8. The highest BCUT2D eigenvalue weighted by Gasteiger charge is 2.46.